The van der Waals surface area contributed by atoms with Gasteiger partial charge in [-0.1, -0.05) is 0 Å². The number of hydrogen-bond acceptors (Lipinski definition) is 6. The van der Waals surface area contributed by atoms with Gasteiger partial charge < -0.3 is 18.9 Å². The molecule has 0 saturated heterocycles. The molecule has 4 aromatic rings. The smallest absolute Gasteiger partial charge is 0.150 e. The van der Waals surface area contributed by atoms with Crippen LogP contribution in [0.15, 0.2) is 97.1 Å². The summed E-state index contributed by atoms with van der Waals surface area (Å²) in [5.41, 5.74) is 1.23. The second kappa shape index (κ2) is 14.2. The van der Waals surface area contributed by atoms with Crippen LogP contribution in [0.2, 0.25) is 0 Å². The quantitative estimate of drug-likeness (QED) is 0.120. The summed E-state index contributed by atoms with van der Waals surface area (Å²) < 4.78 is 23.2. The van der Waals surface area contributed by atoms with Gasteiger partial charge in [0.05, 0.1) is 13.2 Å². The second-order valence-electron chi connectivity index (χ2n) is 8.63. The van der Waals surface area contributed by atoms with Crippen molar-refractivity contribution in [3.05, 3.63) is 108 Å². The Labute approximate surface area is 222 Å². The third-order valence-electron chi connectivity index (χ3n) is 5.73. The molecule has 0 bridgehead atoms. The van der Waals surface area contributed by atoms with E-state index in [-0.39, 0.29) is 0 Å². The molecule has 4 rings (SSSR count). The molecule has 0 spiro atoms. The van der Waals surface area contributed by atoms with Crippen LogP contribution >= 0.6 is 0 Å². The maximum absolute atomic E-state index is 10.7. The molecule has 0 aliphatic rings. The number of carbonyl (C=O) groups is 2. The third kappa shape index (κ3) is 8.52. The molecule has 0 aliphatic heterocycles. The highest BCUT2D eigenvalue weighted by Gasteiger charge is 2.02. The molecule has 0 aromatic heterocycles. The van der Waals surface area contributed by atoms with Crippen LogP contribution in [0, 0.1) is 0 Å². The Morgan fingerprint density at radius 3 is 1.00 bits per heavy atom. The minimum absolute atomic E-state index is 0.617. The van der Waals surface area contributed by atoms with Gasteiger partial charge in [-0.2, -0.15) is 0 Å². The van der Waals surface area contributed by atoms with E-state index in [1.807, 2.05) is 48.5 Å². The zero-order valence-corrected chi connectivity index (χ0v) is 21.1. The van der Waals surface area contributed by atoms with Crippen LogP contribution in [0.4, 0.5) is 0 Å². The molecule has 0 fully saturated rings. The Kier molecular flexibility index (Phi) is 9.92. The molecule has 0 amide bonds. The van der Waals surface area contributed by atoms with Gasteiger partial charge in [0.25, 0.3) is 0 Å². The third-order valence-corrected chi connectivity index (χ3v) is 5.73. The van der Waals surface area contributed by atoms with Crippen molar-refractivity contribution in [2.45, 2.75) is 25.7 Å². The Morgan fingerprint density at radius 1 is 0.395 bits per heavy atom. The van der Waals surface area contributed by atoms with E-state index >= 15 is 0 Å². The van der Waals surface area contributed by atoms with Gasteiger partial charge in [0.1, 0.15) is 47.1 Å². The molecule has 0 radical (unpaired) electrons. The SMILES string of the molecule is O=Cc1ccc(Oc2ccc(OCCCCCCOc3ccc(Oc4ccc(C=O)cc4)cc3)cc2)cc1. The van der Waals surface area contributed by atoms with E-state index in [0.29, 0.717) is 47.3 Å². The summed E-state index contributed by atoms with van der Waals surface area (Å²) in [5, 5.41) is 0. The van der Waals surface area contributed by atoms with Crippen molar-refractivity contribution >= 4 is 12.6 Å². The molecule has 0 heterocycles. The fourth-order valence-electron chi connectivity index (χ4n) is 3.65. The fourth-order valence-corrected chi connectivity index (χ4v) is 3.65. The van der Waals surface area contributed by atoms with Crippen LogP contribution in [0.3, 0.4) is 0 Å². The second-order valence-corrected chi connectivity index (χ2v) is 8.63. The Morgan fingerprint density at radius 2 is 0.684 bits per heavy atom. The predicted octanol–water partition coefficient (Wildman–Crippen LogP) is 7.91. The average molecular weight is 511 g/mol. The van der Waals surface area contributed by atoms with Crippen molar-refractivity contribution in [2.75, 3.05) is 13.2 Å². The summed E-state index contributed by atoms with van der Waals surface area (Å²) in [6.45, 7) is 1.32. The van der Waals surface area contributed by atoms with Crippen molar-refractivity contribution in [3.8, 4) is 34.5 Å². The Bertz CT molecular complexity index is 1160. The van der Waals surface area contributed by atoms with Crippen molar-refractivity contribution in [2.24, 2.45) is 0 Å². The zero-order valence-electron chi connectivity index (χ0n) is 21.1. The van der Waals surface area contributed by atoms with E-state index in [1.54, 1.807) is 48.5 Å². The van der Waals surface area contributed by atoms with Gasteiger partial charge in [0, 0.05) is 11.1 Å². The van der Waals surface area contributed by atoms with E-state index in [9.17, 15) is 9.59 Å². The van der Waals surface area contributed by atoms with E-state index < -0.39 is 0 Å². The van der Waals surface area contributed by atoms with Crippen molar-refractivity contribution < 1.29 is 28.5 Å². The van der Waals surface area contributed by atoms with Gasteiger partial charge in [-0.05, 0) is 123 Å². The number of ether oxygens (including phenoxy) is 4. The molecular formula is C32H30O6. The number of benzene rings is 4. The maximum Gasteiger partial charge on any atom is 0.150 e. The molecule has 6 heteroatoms. The van der Waals surface area contributed by atoms with Crippen LogP contribution in [-0.2, 0) is 0 Å². The van der Waals surface area contributed by atoms with Crippen molar-refractivity contribution in [1.82, 2.24) is 0 Å². The molecule has 0 atom stereocenters. The van der Waals surface area contributed by atoms with Gasteiger partial charge in [-0.3, -0.25) is 9.59 Å². The van der Waals surface area contributed by atoms with E-state index in [1.165, 1.54) is 0 Å². The van der Waals surface area contributed by atoms with Crippen LogP contribution in [0.5, 0.6) is 34.5 Å². The first kappa shape index (κ1) is 26.5. The van der Waals surface area contributed by atoms with E-state index in [4.69, 9.17) is 18.9 Å². The summed E-state index contributed by atoms with van der Waals surface area (Å²) >= 11 is 0. The first-order valence-corrected chi connectivity index (χ1v) is 12.6. The summed E-state index contributed by atoms with van der Waals surface area (Å²) in [4.78, 5) is 21.5. The predicted molar refractivity (Wildman–Crippen MR) is 146 cm³/mol. The molecule has 0 aliphatic carbocycles. The van der Waals surface area contributed by atoms with Crippen LogP contribution in [0.1, 0.15) is 46.4 Å². The number of hydrogen-bond donors (Lipinski definition) is 0. The molecule has 4 aromatic carbocycles. The first-order valence-electron chi connectivity index (χ1n) is 12.6. The van der Waals surface area contributed by atoms with Gasteiger partial charge in [0.2, 0.25) is 0 Å². The van der Waals surface area contributed by atoms with Crippen LogP contribution in [0.25, 0.3) is 0 Å². The van der Waals surface area contributed by atoms with Gasteiger partial charge >= 0.3 is 0 Å². The molecule has 0 N–H and O–H groups in total. The van der Waals surface area contributed by atoms with E-state index in [2.05, 4.69) is 0 Å². The standard InChI is InChI=1S/C32H30O6/c33-23-25-5-9-29(10-6-25)37-31-17-13-27(14-18-31)35-21-3-1-2-4-22-36-28-15-19-32(20-16-28)38-30-11-7-26(24-34)8-12-30/h5-20,23-24H,1-4,21-22H2. The van der Waals surface area contributed by atoms with Gasteiger partial charge in [-0.25, -0.2) is 0 Å². The summed E-state index contributed by atoms with van der Waals surface area (Å²) in [7, 11) is 0. The topological polar surface area (TPSA) is 71.1 Å². The number of rotatable bonds is 15. The lowest BCUT2D eigenvalue weighted by Crippen LogP contribution is -2.00. The molecule has 194 valence electrons. The lowest BCUT2D eigenvalue weighted by atomic mass is 10.2. The molecular weight excluding hydrogens is 480 g/mol. The van der Waals surface area contributed by atoms with Gasteiger partial charge in [0.15, 0.2) is 0 Å². The fraction of sp³-hybridized carbons (Fsp3) is 0.188. The average Bonchev–Trinajstić information content (AvgIpc) is 2.97. The van der Waals surface area contributed by atoms with Crippen LogP contribution < -0.4 is 18.9 Å². The summed E-state index contributed by atoms with van der Waals surface area (Å²) in [6.07, 6.45) is 5.69. The minimum atomic E-state index is 0.617. The normalized spacial score (nSPS) is 10.4. The molecule has 0 unspecified atom stereocenters. The zero-order chi connectivity index (χ0) is 26.4. The molecule has 0 saturated carbocycles. The summed E-state index contributed by atoms with van der Waals surface area (Å²) in [6, 6.07) is 29.0. The van der Waals surface area contributed by atoms with Crippen LogP contribution in [-0.4, -0.2) is 25.8 Å². The highest BCUT2D eigenvalue weighted by atomic mass is 16.5. The van der Waals surface area contributed by atoms with Gasteiger partial charge in [-0.15, -0.1) is 0 Å². The molecule has 6 nitrogen and oxygen atoms in total. The summed E-state index contributed by atoms with van der Waals surface area (Å²) in [5.74, 6) is 4.40. The lowest BCUT2D eigenvalue weighted by Gasteiger charge is -2.09. The van der Waals surface area contributed by atoms with Crippen molar-refractivity contribution in [1.29, 1.82) is 0 Å². The maximum atomic E-state index is 10.7. The monoisotopic (exact) mass is 510 g/mol. The minimum Gasteiger partial charge on any atom is -0.494 e. The largest absolute Gasteiger partial charge is 0.494 e. The Hall–Kier alpha value is -4.58. The number of aldehydes is 2. The lowest BCUT2D eigenvalue weighted by molar-refractivity contribution is 0.111. The highest BCUT2D eigenvalue weighted by molar-refractivity contribution is 5.75. The molecule has 38 heavy (non-hydrogen) atoms. The van der Waals surface area contributed by atoms with E-state index in [0.717, 1.165) is 49.8 Å². The number of carbonyl (C=O) groups excluding carboxylic acids is 2. The van der Waals surface area contributed by atoms with Crippen molar-refractivity contribution in [3.63, 3.8) is 0 Å². The number of unbranched alkanes of at least 4 members (excludes halogenated alkanes) is 3. The highest BCUT2D eigenvalue weighted by Crippen LogP contribution is 2.25. The first-order chi connectivity index (χ1) is 18.7. The Balaban J connectivity index is 1.05.